The molecule has 3 heteroatoms. The Labute approximate surface area is 124 Å². The maximum Gasteiger partial charge on any atom is 0.0640 e. The molecule has 1 fully saturated rings. The summed E-state index contributed by atoms with van der Waals surface area (Å²) in [6, 6.07) is 3.23. The van der Waals surface area contributed by atoms with Crippen molar-refractivity contribution in [3.63, 3.8) is 0 Å². The number of rotatable bonds is 7. The largest absolute Gasteiger partial charge is 0.313 e. The van der Waals surface area contributed by atoms with Gasteiger partial charge in [-0.1, -0.05) is 26.7 Å². The van der Waals surface area contributed by atoms with Crippen molar-refractivity contribution in [1.29, 1.82) is 0 Å². The third-order valence-electron chi connectivity index (χ3n) is 5.10. The maximum atomic E-state index is 4.75. The van der Waals surface area contributed by atoms with Crippen LogP contribution in [0.1, 0.15) is 71.5 Å². The summed E-state index contributed by atoms with van der Waals surface area (Å²) in [7, 11) is 0. The van der Waals surface area contributed by atoms with E-state index in [1.807, 2.05) is 0 Å². The monoisotopic (exact) mass is 277 g/mol. The Morgan fingerprint density at radius 1 is 1.30 bits per heavy atom. The molecular weight excluding hydrogens is 246 g/mol. The first-order chi connectivity index (χ1) is 9.61. The zero-order valence-corrected chi connectivity index (χ0v) is 13.7. The fourth-order valence-electron chi connectivity index (χ4n) is 3.76. The van der Waals surface area contributed by atoms with Gasteiger partial charge in [-0.15, -0.1) is 0 Å². The Kier molecular flexibility index (Phi) is 5.25. The van der Waals surface area contributed by atoms with Crippen LogP contribution in [0.15, 0.2) is 12.3 Å². The van der Waals surface area contributed by atoms with Crippen molar-refractivity contribution in [1.82, 2.24) is 15.1 Å². The summed E-state index contributed by atoms with van der Waals surface area (Å²) in [6.45, 7) is 10.0. The maximum absolute atomic E-state index is 4.75. The summed E-state index contributed by atoms with van der Waals surface area (Å²) in [6.07, 6.45) is 10.0. The molecule has 1 heterocycles. The Hall–Kier alpha value is -0.830. The normalized spacial score (nSPS) is 19.6. The third kappa shape index (κ3) is 3.25. The van der Waals surface area contributed by atoms with Crippen LogP contribution in [0.5, 0.6) is 0 Å². The second-order valence-corrected chi connectivity index (χ2v) is 6.62. The average molecular weight is 277 g/mol. The summed E-state index contributed by atoms with van der Waals surface area (Å²) in [5.74, 6) is 0. The minimum Gasteiger partial charge on any atom is -0.313 e. The van der Waals surface area contributed by atoms with Crippen LogP contribution in [-0.4, -0.2) is 22.4 Å². The van der Waals surface area contributed by atoms with Crippen molar-refractivity contribution in [2.45, 2.75) is 78.3 Å². The van der Waals surface area contributed by atoms with Gasteiger partial charge in [0.15, 0.2) is 0 Å². The number of aromatic nitrogens is 2. The number of hydrogen-bond donors (Lipinski definition) is 1. The third-order valence-corrected chi connectivity index (χ3v) is 5.10. The van der Waals surface area contributed by atoms with Gasteiger partial charge in [0.05, 0.1) is 5.69 Å². The van der Waals surface area contributed by atoms with E-state index in [1.54, 1.807) is 0 Å². The molecule has 1 aromatic rings. The van der Waals surface area contributed by atoms with Crippen molar-refractivity contribution < 1.29 is 0 Å². The lowest BCUT2D eigenvalue weighted by Gasteiger charge is -2.37. The predicted molar refractivity (Wildman–Crippen MR) is 85.0 cm³/mol. The van der Waals surface area contributed by atoms with Crippen LogP contribution in [0, 0.1) is 5.41 Å². The van der Waals surface area contributed by atoms with Gasteiger partial charge in [0.1, 0.15) is 0 Å². The quantitative estimate of drug-likeness (QED) is 0.817. The Morgan fingerprint density at radius 2 is 2.00 bits per heavy atom. The Morgan fingerprint density at radius 3 is 2.50 bits per heavy atom. The molecule has 3 nitrogen and oxygen atoms in total. The van der Waals surface area contributed by atoms with Crippen molar-refractivity contribution in [2.75, 3.05) is 6.54 Å². The van der Waals surface area contributed by atoms with Crippen molar-refractivity contribution >= 4 is 0 Å². The van der Waals surface area contributed by atoms with Crippen molar-refractivity contribution in [2.24, 2.45) is 5.41 Å². The SMILES string of the molecule is CCNC(Cc1ccn(C(C)C)n1)C1(CC)CCCC1. The van der Waals surface area contributed by atoms with Gasteiger partial charge in [0, 0.05) is 24.7 Å². The topological polar surface area (TPSA) is 29.9 Å². The average Bonchev–Trinajstić information content (AvgIpc) is 3.08. The molecule has 1 unspecified atom stereocenters. The minimum absolute atomic E-state index is 0.452. The highest BCUT2D eigenvalue weighted by molar-refractivity contribution is 5.06. The van der Waals surface area contributed by atoms with Gasteiger partial charge >= 0.3 is 0 Å². The molecule has 114 valence electrons. The van der Waals surface area contributed by atoms with E-state index in [-0.39, 0.29) is 0 Å². The van der Waals surface area contributed by atoms with Gasteiger partial charge in [-0.05, 0) is 51.1 Å². The molecule has 1 aliphatic rings. The molecule has 1 atom stereocenters. The van der Waals surface area contributed by atoms with Crippen LogP contribution >= 0.6 is 0 Å². The molecule has 1 aromatic heterocycles. The summed E-state index contributed by atoms with van der Waals surface area (Å²) in [4.78, 5) is 0. The minimum atomic E-state index is 0.452. The lowest BCUT2D eigenvalue weighted by Crippen LogP contribution is -2.45. The van der Waals surface area contributed by atoms with E-state index in [9.17, 15) is 0 Å². The van der Waals surface area contributed by atoms with Gasteiger partial charge in [0.25, 0.3) is 0 Å². The molecule has 0 spiro atoms. The lowest BCUT2D eigenvalue weighted by molar-refractivity contribution is 0.185. The number of likely N-dealkylation sites (N-methyl/N-ethyl adjacent to an activating group) is 1. The van der Waals surface area contributed by atoms with E-state index in [2.05, 4.69) is 50.0 Å². The summed E-state index contributed by atoms with van der Waals surface area (Å²) >= 11 is 0. The van der Waals surface area contributed by atoms with E-state index < -0.39 is 0 Å². The van der Waals surface area contributed by atoms with E-state index in [4.69, 9.17) is 5.10 Å². The summed E-state index contributed by atoms with van der Waals surface area (Å²) in [5.41, 5.74) is 1.74. The Bertz CT molecular complexity index is 402. The fourth-order valence-corrected chi connectivity index (χ4v) is 3.76. The van der Waals surface area contributed by atoms with E-state index in [0.29, 0.717) is 17.5 Å². The molecule has 0 amide bonds. The van der Waals surface area contributed by atoms with Crippen LogP contribution in [0.3, 0.4) is 0 Å². The molecule has 0 bridgehead atoms. The summed E-state index contributed by atoms with van der Waals surface area (Å²) < 4.78 is 2.08. The van der Waals surface area contributed by atoms with Gasteiger partial charge in [-0.2, -0.15) is 5.10 Å². The molecule has 0 saturated heterocycles. The summed E-state index contributed by atoms with van der Waals surface area (Å²) in [5, 5.41) is 8.50. The molecule has 1 aliphatic carbocycles. The van der Waals surface area contributed by atoms with Gasteiger partial charge in [0.2, 0.25) is 0 Å². The van der Waals surface area contributed by atoms with Gasteiger partial charge < -0.3 is 5.32 Å². The van der Waals surface area contributed by atoms with Gasteiger partial charge in [-0.3, -0.25) is 4.68 Å². The van der Waals surface area contributed by atoms with E-state index in [0.717, 1.165) is 13.0 Å². The number of nitrogens with one attached hydrogen (secondary N) is 1. The first-order valence-electron chi connectivity index (χ1n) is 8.38. The molecule has 0 aromatic carbocycles. The molecular formula is C17H31N3. The number of nitrogens with zero attached hydrogens (tertiary/aromatic N) is 2. The van der Waals surface area contributed by atoms with E-state index in [1.165, 1.54) is 37.8 Å². The lowest BCUT2D eigenvalue weighted by atomic mass is 9.74. The molecule has 0 radical (unpaired) electrons. The molecule has 2 rings (SSSR count). The molecule has 1 N–H and O–H groups in total. The van der Waals surface area contributed by atoms with Crippen molar-refractivity contribution in [3.8, 4) is 0 Å². The zero-order valence-electron chi connectivity index (χ0n) is 13.7. The van der Waals surface area contributed by atoms with Crippen LogP contribution in [0.2, 0.25) is 0 Å². The Balaban J connectivity index is 2.11. The highest BCUT2D eigenvalue weighted by atomic mass is 15.3. The first kappa shape index (κ1) is 15.6. The predicted octanol–water partition coefficient (Wildman–Crippen LogP) is 3.96. The zero-order chi connectivity index (χ0) is 14.6. The first-order valence-corrected chi connectivity index (χ1v) is 8.38. The van der Waals surface area contributed by atoms with Crippen LogP contribution < -0.4 is 5.32 Å². The molecule has 1 saturated carbocycles. The molecule has 0 aliphatic heterocycles. The fraction of sp³-hybridized carbons (Fsp3) is 0.824. The smallest absolute Gasteiger partial charge is 0.0640 e. The second kappa shape index (κ2) is 6.75. The van der Waals surface area contributed by atoms with Crippen LogP contribution in [0.4, 0.5) is 0 Å². The van der Waals surface area contributed by atoms with Crippen molar-refractivity contribution in [3.05, 3.63) is 18.0 Å². The standard InChI is InChI=1S/C17H31N3/c1-5-17(10-7-8-11-17)16(18-6-2)13-15-9-12-20(19-15)14(3)4/h9,12,14,16,18H,5-8,10-11,13H2,1-4H3. The second-order valence-electron chi connectivity index (χ2n) is 6.62. The molecule has 20 heavy (non-hydrogen) atoms. The van der Waals surface area contributed by atoms with Crippen LogP contribution in [0.25, 0.3) is 0 Å². The van der Waals surface area contributed by atoms with Crippen LogP contribution in [-0.2, 0) is 6.42 Å². The van der Waals surface area contributed by atoms with Gasteiger partial charge in [-0.25, -0.2) is 0 Å². The number of hydrogen-bond acceptors (Lipinski definition) is 2. The highest BCUT2D eigenvalue weighted by Crippen LogP contribution is 2.44. The van der Waals surface area contributed by atoms with E-state index >= 15 is 0 Å². The highest BCUT2D eigenvalue weighted by Gasteiger charge is 2.39.